The van der Waals surface area contributed by atoms with Gasteiger partial charge in [0.2, 0.25) is 0 Å². The second-order valence-corrected chi connectivity index (χ2v) is 6.53. The molecule has 1 atom stereocenters. The van der Waals surface area contributed by atoms with E-state index in [1.54, 1.807) is 10.8 Å². The summed E-state index contributed by atoms with van der Waals surface area (Å²) in [6.45, 7) is 8.21. The van der Waals surface area contributed by atoms with Crippen molar-refractivity contribution in [1.29, 1.82) is 5.26 Å². The molecule has 0 aliphatic carbocycles. The zero-order valence-electron chi connectivity index (χ0n) is 15.0. The van der Waals surface area contributed by atoms with Crippen LogP contribution in [-0.2, 0) is 0 Å². The van der Waals surface area contributed by atoms with Crippen LogP contribution in [0.1, 0.15) is 23.7 Å². The Kier molecular flexibility index (Phi) is 3.88. The first-order valence-corrected chi connectivity index (χ1v) is 8.51. The van der Waals surface area contributed by atoms with Gasteiger partial charge in [0, 0.05) is 25.7 Å². The minimum absolute atomic E-state index is 0.208. The van der Waals surface area contributed by atoms with Crippen LogP contribution in [0.5, 0.6) is 0 Å². The van der Waals surface area contributed by atoms with Gasteiger partial charge in [-0.3, -0.25) is 0 Å². The molecule has 1 aliphatic heterocycles. The predicted octanol–water partition coefficient (Wildman–Crippen LogP) is 1.12. The van der Waals surface area contributed by atoms with Crippen LogP contribution < -0.4 is 9.80 Å². The third-order valence-electron chi connectivity index (χ3n) is 4.92. The molecule has 0 aromatic carbocycles. The number of piperazine rings is 1. The molecule has 4 rings (SSSR count). The number of hydrogen-bond acceptors (Lipinski definition) is 8. The lowest BCUT2D eigenvalue weighted by Crippen LogP contribution is -2.53. The van der Waals surface area contributed by atoms with Crippen LogP contribution >= 0.6 is 0 Å². The summed E-state index contributed by atoms with van der Waals surface area (Å²) in [4.78, 5) is 4.38. The van der Waals surface area contributed by atoms with E-state index in [9.17, 15) is 5.26 Å². The Morgan fingerprint density at radius 3 is 2.77 bits per heavy atom. The van der Waals surface area contributed by atoms with Gasteiger partial charge in [-0.15, -0.1) is 20.4 Å². The normalized spacial score (nSPS) is 17.5. The highest BCUT2D eigenvalue weighted by Crippen LogP contribution is 2.25. The average Bonchev–Trinajstić information content (AvgIpc) is 3.11. The summed E-state index contributed by atoms with van der Waals surface area (Å²) >= 11 is 0. The van der Waals surface area contributed by atoms with Gasteiger partial charge in [0.25, 0.3) is 0 Å². The molecule has 9 heteroatoms. The van der Waals surface area contributed by atoms with Crippen molar-refractivity contribution in [2.24, 2.45) is 0 Å². The monoisotopic (exact) mass is 349 g/mol. The fraction of sp³-hybridized carbons (Fsp3) is 0.412. The molecule has 132 valence electrons. The minimum Gasteiger partial charge on any atom is -0.350 e. The van der Waals surface area contributed by atoms with Gasteiger partial charge in [0.05, 0.1) is 5.69 Å². The summed E-state index contributed by atoms with van der Waals surface area (Å²) < 4.78 is 1.68. The van der Waals surface area contributed by atoms with Gasteiger partial charge < -0.3 is 9.80 Å². The fourth-order valence-corrected chi connectivity index (χ4v) is 3.31. The van der Waals surface area contributed by atoms with Crippen LogP contribution in [-0.4, -0.2) is 55.7 Å². The van der Waals surface area contributed by atoms with Crippen LogP contribution in [0.15, 0.2) is 18.5 Å². The molecular weight excluding hydrogens is 330 g/mol. The number of hydrogen-bond donors (Lipinski definition) is 0. The lowest BCUT2D eigenvalue weighted by Gasteiger charge is -2.41. The first-order valence-electron chi connectivity index (χ1n) is 8.51. The van der Waals surface area contributed by atoms with E-state index in [0.717, 1.165) is 42.4 Å². The fourth-order valence-electron chi connectivity index (χ4n) is 3.31. The molecule has 9 nitrogen and oxygen atoms in total. The minimum atomic E-state index is 0.208. The van der Waals surface area contributed by atoms with E-state index in [0.29, 0.717) is 11.4 Å². The molecule has 0 bridgehead atoms. The highest BCUT2D eigenvalue weighted by atomic mass is 15.4. The third kappa shape index (κ3) is 2.60. The summed E-state index contributed by atoms with van der Waals surface area (Å²) in [5.41, 5.74) is 3.03. The molecule has 3 aromatic rings. The quantitative estimate of drug-likeness (QED) is 0.678. The van der Waals surface area contributed by atoms with Gasteiger partial charge in [-0.1, -0.05) is 0 Å². The maximum Gasteiger partial charge on any atom is 0.177 e. The molecule has 4 heterocycles. The largest absolute Gasteiger partial charge is 0.350 e. The lowest BCUT2D eigenvalue weighted by atomic mass is 10.1. The number of aryl methyl sites for hydroxylation is 1. The Balaban J connectivity index is 1.59. The van der Waals surface area contributed by atoms with Gasteiger partial charge in [0.15, 0.2) is 11.5 Å². The zero-order chi connectivity index (χ0) is 18.3. The first kappa shape index (κ1) is 16.2. The first-order chi connectivity index (χ1) is 12.6. The van der Waals surface area contributed by atoms with Crippen LogP contribution in [0.3, 0.4) is 0 Å². The molecule has 1 saturated heterocycles. The Labute approximate surface area is 150 Å². The number of anilines is 2. The molecule has 0 spiro atoms. The number of fused-ring (bicyclic) bond motifs is 1. The van der Waals surface area contributed by atoms with Crippen LogP contribution in [0.2, 0.25) is 0 Å². The SMILES string of the molecule is Cc1nnc(N2CCN(c3ccc4nncn4n3)C(C)C2)c(C#N)c1C. The van der Waals surface area contributed by atoms with Crippen molar-refractivity contribution >= 4 is 17.3 Å². The van der Waals surface area contributed by atoms with Crippen LogP contribution in [0.4, 0.5) is 11.6 Å². The second kappa shape index (κ2) is 6.22. The Morgan fingerprint density at radius 2 is 2.00 bits per heavy atom. The average molecular weight is 349 g/mol. The van der Waals surface area contributed by atoms with Crippen molar-refractivity contribution in [1.82, 2.24) is 30.0 Å². The Bertz CT molecular complexity index is 1000. The zero-order valence-corrected chi connectivity index (χ0v) is 15.0. The van der Waals surface area contributed by atoms with Crippen molar-refractivity contribution in [2.45, 2.75) is 26.8 Å². The highest BCUT2D eigenvalue weighted by Gasteiger charge is 2.28. The third-order valence-corrected chi connectivity index (χ3v) is 4.92. The predicted molar refractivity (Wildman–Crippen MR) is 96.0 cm³/mol. The van der Waals surface area contributed by atoms with Crippen molar-refractivity contribution in [3.8, 4) is 6.07 Å². The topological polar surface area (TPSA) is 99.1 Å². The molecule has 1 aliphatic rings. The van der Waals surface area contributed by atoms with E-state index in [1.807, 2.05) is 26.0 Å². The Morgan fingerprint density at radius 1 is 1.15 bits per heavy atom. The van der Waals surface area contributed by atoms with E-state index >= 15 is 0 Å². The van der Waals surface area contributed by atoms with Gasteiger partial charge in [-0.2, -0.15) is 14.9 Å². The lowest BCUT2D eigenvalue weighted by molar-refractivity contribution is 0.537. The van der Waals surface area contributed by atoms with Gasteiger partial charge >= 0.3 is 0 Å². The summed E-state index contributed by atoms with van der Waals surface area (Å²) in [6, 6.07) is 6.38. The van der Waals surface area contributed by atoms with E-state index in [4.69, 9.17) is 0 Å². The van der Waals surface area contributed by atoms with Crippen molar-refractivity contribution < 1.29 is 0 Å². The van der Waals surface area contributed by atoms with Crippen molar-refractivity contribution in [3.05, 3.63) is 35.3 Å². The van der Waals surface area contributed by atoms with Gasteiger partial charge in [0.1, 0.15) is 23.8 Å². The van der Waals surface area contributed by atoms with Gasteiger partial charge in [-0.25, -0.2) is 0 Å². The summed E-state index contributed by atoms with van der Waals surface area (Å²) in [7, 11) is 0. The summed E-state index contributed by atoms with van der Waals surface area (Å²) in [6.07, 6.45) is 1.60. The molecule has 0 radical (unpaired) electrons. The molecule has 1 unspecified atom stereocenters. The van der Waals surface area contributed by atoms with E-state index in [-0.39, 0.29) is 6.04 Å². The standard InChI is InChI=1S/C17H19N9/c1-11-9-24(17-14(8-18)12(2)13(3)20-22-17)6-7-25(11)16-5-4-15-21-19-10-26(15)23-16/h4-5,10-11H,6-7,9H2,1-3H3. The van der Waals surface area contributed by atoms with Crippen LogP contribution in [0.25, 0.3) is 5.65 Å². The smallest absolute Gasteiger partial charge is 0.177 e. The molecule has 0 amide bonds. The van der Waals surface area contributed by atoms with Gasteiger partial charge in [-0.05, 0) is 38.5 Å². The number of aromatic nitrogens is 6. The molecule has 0 N–H and O–H groups in total. The van der Waals surface area contributed by atoms with Crippen molar-refractivity contribution in [2.75, 3.05) is 29.4 Å². The highest BCUT2D eigenvalue weighted by molar-refractivity contribution is 5.59. The van der Waals surface area contributed by atoms with Crippen LogP contribution in [0, 0.1) is 25.2 Å². The molecular formula is C17H19N9. The maximum atomic E-state index is 9.55. The Hall–Kier alpha value is -3.28. The van der Waals surface area contributed by atoms with Crippen molar-refractivity contribution in [3.63, 3.8) is 0 Å². The summed E-state index contributed by atoms with van der Waals surface area (Å²) in [5.74, 6) is 1.56. The number of rotatable bonds is 2. The molecule has 0 saturated carbocycles. The molecule has 26 heavy (non-hydrogen) atoms. The summed E-state index contributed by atoms with van der Waals surface area (Å²) in [5, 5.41) is 30.5. The molecule has 1 fully saturated rings. The van der Waals surface area contributed by atoms with E-state index in [1.165, 1.54) is 0 Å². The second-order valence-electron chi connectivity index (χ2n) is 6.53. The number of nitrogens with zero attached hydrogens (tertiary/aromatic N) is 9. The van der Waals surface area contributed by atoms with E-state index < -0.39 is 0 Å². The number of nitriles is 1. The molecule has 3 aromatic heterocycles. The maximum absolute atomic E-state index is 9.55. The van der Waals surface area contributed by atoms with E-state index in [2.05, 4.69) is 48.3 Å².